The molecule has 1 radical (unpaired) electrons. The SMILES string of the molecule is CCc1[c]cnc(Cl)n1. The molecule has 0 bridgehead atoms. The average molecular weight is 142 g/mol. The van der Waals surface area contributed by atoms with E-state index in [1.807, 2.05) is 6.92 Å². The molecule has 0 fully saturated rings. The van der Waals surface area contributed by atoms with Crippen LogP contribution in [0.1, 0.15) is 12.6 Å². The molecule has 0 aliphatic carbocycles. The summed E-state index contributed by atoms with van der Waals surface area (Å²) in [6.07, 6.45) is 2.39. The highest BCUT2D eigenvalue weighted by atomic mass is 35.5. The van der Waals surface area contributed by atoms with E-state index in [0.717, 1.165) is 12.1 Å². The summed E-state index contributed by atoms with van der Waals surface area (Å²) in [5.74, 6) is 0. The molecule has 0 saturated heterocycles. The molecule has 0 aliphatic rings. The Balaban J connectivity index is 2.94. The normalized spacial score (nSPS) is 9.56. The molecule has 0 amide bonds. The Morgan fingerprint density at radius 3 is 3.00 bits per heavy atom. The lowest BCUT2D eigenvalue weighted by Gasteiger charge is -1.91. The first kappa shape index (κ1) is 6.49. The lowest BCUT2D eigenvalue weighted by atomic mass is 10.3. The fourth-order valence-electron chi connectivity index (χ4n) is 0.514. The van der Waals surface area contributed by atoms with E-state index in [0.29, 0.717) is 5.28 Å². The Hall–Kier alpha value is -0.630. The molecular formula is C6H6ClN2. The number of aromatic nitrogens is 2. The van der Waals surface area contributed by atoms with Crippen molar-refractivity contribution in [2.75, 3.05) is 0 Å². The minimum atomic E-state index is 0.297. The maximum absolute atomic E-state index is 5.48. The van der Waals surface area contributed by atoms with Crippen molar-refractivity contribution in [3.8, 4) is 0 Å². The zero-order chi connectivity index (χ0) is 6.69. The first-order valence-corrected chi connectivity index (χ1v) is 3.10. The molecule has 0 atom stereocenters. The van der Waals surface area contributed by atoms with E-state index < -0.39 is 0 Å². The third kappa shape index (κ3) is 1.64. The van der Waals surface area contributed by atoms with Gasteiger partial charge in [-0.15, -0.1) is 0 Å². The van der Waals surface area contributed by atoms with Crippen LogP contribution in [0.25, 0.3) is 0 Å². The maximum atomic E-state index is 5.48. The third-order valence-electron chi connectivity index (χ3n) is 0.964. The molecule has 3 heteroatoms. The van der Waals surface area contributed by atoms with Crippen LogP contribution in [0.5, 0.6) is 0 Å². The van der Waals surface area contributed by atoms with Crippen LogP contribution in [0, 0.1) is 6.07 Å². The van der Waals surface area contributed by atoms with E-state index in [1.165, 1.54) is 6.20 Å². The molecule has 2 nitrogen and oxygen atoms in total. The van der Waals surface area contributed by atoms with E-state index in [9.17, 15) is 0 Å². The second kappa shape index (κ2) is 2.78. The van der Waals surface area contributed by atoms with Crippen LogP contribution < -0.4 is 0 Å². The van der Waals surface area contributed by atoms with Crippen molar-refractivity contribution in [2.24, 2.45) is 0 Å². The van der Waals surface area contributed by atoms with E-state index in [-0.39, 0.29) is 0 Å². The summed E-state index contributed by atoms with van der Waals surface area (Å²) < 4.78 is 0. The zero-order valence-electron chi connectivity index (χ0n) is 5.06. The number of nitrogens with zero attached hydrogens (tertiary/aromatic N) is 2. The van der Waals surface area contributed by atoms with Gasteiger partial charge in [-0.3, -0.25) is 0 Å². The van der Waals surface area contributed by atoms with Crippen molar-refractivity contribution in [1.29, 1.82) is 0 Å². The Kier molecular flexibility index (Phi) is 2.01. The van der Waals surface area contributed by atoms with Gasteiger partial charge >= 0.3 is 0 Å². The van der Waals surface area contributed by atoms with Gasteiger partial charge in [-0.25, -0.2) is 9.97 Å². The first-order valence-electron chi connectivity index (χ1n) is 2.72. The minimum absolute atomic E-state index is 0.297. The van der Waals surface area contributed by atoms with Crippen molar-refractivity contribution < 1.29 is 0 Å². The zero-order valence-corrected chi connectivity index (χ0v) is 5.81. The molecule has 1 aromatic heterocycles. The average Bonchev–Trinajstić information content (AvgIpc) is 1.88. The smallest absolute Gasteiger partial charge is 0.222 e. The number of halogens is 1. The van der Waals surface area contributed by atoms with Crippen LogP contribution in [-0.2, 0) is 6.42 Å². The molecule has 9 heavy (non-hydrogen) atoms. The Morgan fingerprint density at radius 2 is 2.56 bits per heavy atom. The lowest BCUT2D eigenvalue weighted by molar-refractivity contribution is 0.994. The van der Waals surface area contributed by atoms with Crippen LogP contribution in [0.15, 0.2) is 6.20 Å². The van der Waals surface area contributed by atoms with Gasteiger partial charge < -0.3 is 0 Å². The van der Waals surface area contributed by atoms with Crippen molar-refractivity contribution in [3.05, 3.63) is 23.2 Å². The van der Waals surface area contributed by atoms with Gasteiger partial charge in [-0.1, -0.05) is 6.92 Å². The van der Waals surface area contributed by atoms with Gasteiger partial charge in [-0.2, -0.15) is 0 Å². The molecule has 0 aliphatic heterocycles. The van der Waals surface area contributed by atoms with Crippen LogP contribution in [0.2, 0.25) is 5.28 Å². The van der Waals surface area contributed by atoms with Crippen molar-refractivity contribution in [1.82, 2.24) is 9.97 Å². The fourth-order valence-corrected chi connectivity index (χ4v) is 0.664. The van der Waals surface area contributed by atoms with Gasteiger partial charge in [0.15, 0.2) is 0 Å². The summed E-state index contributed by atoms with van der Waals surface area (Å²) in [5, 5.41) is 0.297. The highest BCUT2D eigenvalue weighted by Gasteiger charge is 1.91. The van der Waals surface area contributed by atoms with E-state index >= 15 is 0 Å². The Labute approximate surface area is 58.9 Å². The third-order valence-corrected chi connectivity index (χ3v) is 1.15. The molecule has 0 N–H and O–H groups in total. The predicted octanol–water partition coefficient (Wildman–Crippen LogP) is 1.49. The first-order chi connectivity index (χ1) is 4.33. The van der Waals surface area contributed by atoms with Crippen LogP contribution in [-0.4, -0.2) is 9.97 Å². The standard InChI is InChI=1S/C6H6ClN2/c1-2-5-3-4-8-6(7)9-5/h4H,2H2,1H3. The van der Waals surface area contributed by atoms with Crippen molar-refractivity contribution in [2.45, 2.75) is 13.3 Å². The van der Waals surface area contributed by atoms with E-state index in [4.69, 9.17) is 11.6 Å². The molecular weight excluding hydrogens is 136 g/mol. The second-order valence-corrected chi connectivity index (χ2v) is 1.92. The van der Waals surface area contributed by atoms with Gasteiger partial charge in [-0.05, 0) is 18.0 Å². The van der Waals surface area contributed by atoms with Gasteiger partial charge in [0.05, 0.1) is 5.69 Å². The highest BCUT2D eigenvalue weighted by molar-refractivity contribution is 6.28. The van der Waals surface area contributed by atoms with Crippen molar-refractivity contribution in [3.63, 3.8) is 0 Å². The van der Waals surface area contributed by atoms with Gasteiger partial charge in [0, 0.05) is 12.3 Å². The van der Waals surface area contributed by atoms with Crippen LogP contribution in [0.4, 0.5) is 0 Å². The van der Waals surface area contributed by atoms with Gasteiger partial charge in [0.1, 0.15) is 0 Å². The molecule has 47 valence electrons. The topological polar surface area (TPSA) is 25.8 Å². The van der Waals surface area contributed by atoms with E-state index in [2.05, 4.69) is 16.0 Å². The lowest BCUT2D eigenvalue weighted by Crippen LogP contribution is -1.88. The molecule has 0 spiro atoms. The molecule has 0 aromatic carbocycles. The molecule has 1 aromatic rings. The predicted molar refractivity (Wildman–Crippen MR) is 35.3 cm³/mol. The maximum Gasteiger partial charge on any atom is 0.222 e. The number of aryl methyl sites for hydroxylation is 1. The van der Waals surface area contributed by atoms with E-state index in [1.54, 1.807) is 0 Å². The minimum Gasteiger partial charge on any atom is -0.226 e. The number of hydrogen-bond donors (Lipinski definition) is 0. The summed E-state index contributed by atoms with van der Waals surface area (Å²) in [6.45, 7) is 2.00. The fraction of sp³-hybridized carbons (Fsp3) is 0.333. The summed E-state index contributed by atoms with van der Waals surface area (Å²) in [4.78, 5) is 7.58. The van der Waals surface area contributed by atoms with Gasteiger partial charge in [0.25, 0.3) is 0 Å². The molecule has 1 heterocycles. The quantitative estimate of drug-likeness (QED) is 0.554. The monoisotopic (exact) mass is 141 g/mol. The van der Waals surface area contributed by atoms with Crippen molar-refractivity contribution >= 4 is 11.6 Å². The summed E-state index contributed by atoms with van der Waals surface area (Å²) >= 11 is 5.48. The van der Waals surface area contributed by atoms with Crippen LogP contribution >= 0.6 is 11.6 Å². The summed E-state index contributed by atoms with van der Waals surface area (Å²) in [7, 11) is 0. The van der Waals surface area contributed by atoms with Gasteiger partial charge in [0.2, 0.25) is 5.28 Å². The second-order valence-electron chi connectivity index (χ2n) is 1.58. The summed E-state index contributed by atoms with van der Waals surface area (Å²) in [6, 6.07) is 2.85. The summed E-state index contributed by atoms with van der Waals surface area (Å²) in [5.41, 5.74) is 0.856. The highest BCUT2D eigenvalue weighted by Crippen LogP contribution is 1.99. The van der Waals surface area contributed by atoms with Crippen LogP contribution in [0.3, 0.4) is 0 Å². The Morgan fingerprint density at radius 1 is 1.78 bits per heavy atom. The number of hydrogen-bond acceptors (Lipinski definition) is 2. The Bertz CT molecular complexity index is 200. The molecule has 0 unspecified atom stereocenters. The largest absolute Gasteiger partial charge is 0.226 e. The molecule has 0 saturated carbocycles. The number of rotatable bonds is 1. The molecule has 1 rings (SSSR count).